The highest BCUT2D eigenvalue weighted by atomic mass is 35.5. The van der Waals surface area contributed by atoms with Crippen molar-refractivity contribution >= 4 is 80.8 Å². The molecule has 31 heavy (non-hydrogen) atoms. The standard InChI is InChI=1S/C14H28Cl5O9P3/c1-13(27-29(20,12-7-19)23-8-3-15)31(22,26-11-6-18)28-14(2)30(21,24-9-4-16)25-10-5-17/h13-14H,3-12H2,1-2H3/t13-,14+,29-,31+/m0/s1. The predicted molar refractivity (Wildman–Crippen MR) is 126 cm³/mol. The molecule has 9 nitrogen and oxygen atoms in total. The van der Waals surface area contributed by atoms with Crippen LogP contribution in [0.15, 0.2) is 0 Å². The van der Waals surface area contributed by atoms with Gasteiger partial charge in [-0.05, 0) is 13.8 Å². The summed E-state index contributed by atoms with van der Waals surface area (Å²) < 4.78 is 71.4. The third-order valence-electron chi connectivity index (χ3n) is 3.27. The summed E-state index contributed by atoms with van der Waals surface area (Å²) in [4.78, 5) is 0. The van der Waals surface area contributed by atoms with E-state index in [4.69, 9.17) is 85.1 Å². The normalized spacial score (nSPS) is 18.3. The van der Waals surface area contributed by atoms with Gasteiger partial charge in [-0.15, -0.1) is 58.0 Å². The van der Waals surface area contributed by atoms with Crippen LogP contribution in [0.25, 0.3) is 0 Å². The van der Waals surface area contributed by atoms with Gasteiger partial charge < -0.3 is 18.1 Å². The average Bonchev–Trinajstić information content (AvgIpc) is 2.73. The highest BCUT2D eigenvalue weighted by Gasteiger charge is 2.45. The Morgan fingerprint density at radius 1 is 0.581 bits per heavy atom. The molecule has 0 bridgehead atoms. The van der Waals surface area contributed by atoms with Crippen molar-refractivity contribution in [1.82, 2.24) is 0 Å². The van der Waals surface area contributed by atoms with Crippen LogP contribution in [0.3, 0.4) is 0 Å². The highest BCUT2D eigenvalue weighted by Crippen LogP contribution is 2.65. The van der Waals surface area contributed by atoms with Crippen LogP contribution in [0, 0.1) is 0 Å². The molecule has 0 radical (unpaired) electrons. The van der Waals surface area contributed by atoms with Gasteiger partial charge in [0.25, 0.3) is 0 Å². The highest BCUT2D eigenvalue weighted by molar-refractivity contribution is 7.59. The van der Waals surface area contributed by atoms with Crippen molar-refractivity contribution in [3.63, 3.8) is 0 Å². The van der Waals surface area contributed by atoms with Gasteiger partial charge >= 0.3 is 22.8 Å². The summed E-state index contributed by atoms with van der Waals surface area (Å²) in [5.41, 5.74) is 0. The van der Waals surface area contributed by atoms with Crippen LogP contribution >= 0.6 is 80.8 Å². The Hall–Kier alpha value is 1.90. The van der Waals surface area contributed by atoms with Gasteiger partial charge in [0.15, 0.2) is 11.7 Å². The number of rotatable bonds is 20. The van der Waals surface area contributed by atoms with Crippen LogP contribution in [-0.2, 0) is 40.8 Å². The van der Waals surface area contributed by atoms with E-state index in [1.165, 1.54) is 13.8 Å². The van der Waals surface area contributed by atoms with E-state index in [1.807, 2.05) is 0 Å². The Labute approximate surface area is 208 Å². The van der Waals surface area contributed by atoms with Crippen molar-refractivity contribution in [3.05, 3.63) is 0 Å². The Morgan fingerprint density at radius 2 is 0.968 bits per heavy atom. The molecule has 0 unspecified atom stereocenters. The second-order valence-corrected chi connectivity index (χ2v) is 14.2. The van der Waals surface area contributed by atoms with E-state index in [1.54, 1.807) is 0 Å². The van der Waals surface area contributed by atoms with Crippen molar-refractivity contribution in [2.45, 2.75) is 25.5 Å². The quantitative estimate of drug-likeness (QED) is 0.112. The van der Waals surface area contributed by atoms with Crippen LogP contribution in [0.1, 0.15) is 13.8 Å². The van der Waals surface area contributed by atoms with Crippen LogP contribution in [0.4, 0.5) is 0 Å². The summed E-state index contributed by atoms with van der Waals surface area (Å²) >= 11 is 28.1. The van der Waals surface area contributed by atoms with Gasteiger partial charge in [-0.25, -0.2) is 0 Å². The zero-order valence-corrected chi connectivity index (χ0v) is 23.6. The molecule has 0 N–H and O–H groups in total. The zero-order valence-electron chi connectivity index (χ0n) is 17.1. The molecule has 0 aliphatic rings. The van der Waals surface area contributed by atoms with Gasteiger partial charge in [0, 0.05) is 29.4 Å². The summed E-state index contributed by atoms with van der Waals surface area (Å²) in [7, 11) is -12.0. The lowest BCUT2D eigenvalue weighted by Gasteiger charge is -2.31. The first kappa shape index (κ1) is 32.9. The maximum absolute atomic E-state index is 13.5. The third kappa shape index (κ3) is 12.4. The van der Waals surface area contributed by atoms with Gasteiger partial charge in [0.2, 0.25) is 0 Å². The van der Waals surface area contributed by atoms with Crippen molar-refractivity contribution < 1.29 is 40.8 Å². The molecule has 0 amide bonds. The van der Waals surface area contributed by atoms with Gasteiger partial charge in [-0.3, -0.25) is 22.7 Å². The van der Waals surface area contributed by atoms with E-state index in [2.05, 4.69) is 0 Å². The van der Waals surface area contributed by atoms with E-state index in [9.17, 15) is 13.7 Å². The minimum Gasteiger partial charge on any atom is -0.307 e. The van der Waals surface area contributed by atoms with Crippen molar-refractivity contribution in [2.75, 3.05) is 62.0 Å². The predicted octanol–water partition coefficient (Wildman–Crippen LogP) is 6.55. The fourth-order valence-electron chi connectivity index (χ4n) is 1.94. The zero-order chi connectivity index (χ0) is 24.0. The molecule has 0 aromatic carbocycles. The molecule has 0 saturated carbocycles. The molecule has 0 aliphatic heterocycles. The summed E-state index contributed by atoms with van der Waals surface area (Å²) in [6.45, 7) is 2.10. The smallest absolute Gasteiger partial charge is 0.307 e. The largest absolute Gasteiger partial charge is 0.360 e. The van der Waals surface area contributed by atoms with Crippen LogP contribution in [0.5, 0.6) is 0 Å². The minimum atomic E-state index is -4.23. The number of hydrogen-bond acceptors (Lipinski definition) is 9. The SMILES string of the molecule is C[C@H](O[P@](=O)(OCCCl)[C@@H](C)O[P@](=O)(CCCl)OCCCl)P(=O)(OCCCl)OCCCl. The molecule has 0 spiro atoms. The van der Waals surface area contributed by atoms with Gasteiger partial charge in [0.05, 0.1) is 32.6 Å². The van der Waals surface area contributed by atoms with Crippen LogP contribution in [-0.4, -0.2) is 73.7 Å². The number of halogens is 5. The molecule has 0 saturated heterocycles. The van der Waals surface area contributed by atoms with Crippen LogP contribution in [0.2, 0.25) is 0 Å². The van der Waals surface area contributed by atoms with Gasteiger partial charge in [0.1, 0.15) is 0 Å². The third-order valence-corrected chi connectivity index (χ3v) is 10.9. The lowest BCUT2D eigenvalue weighted by Crippen LogP contribution is -2.21. The molecule has 0 heterocycles. The maximum atomic E-state index is 13.5. The second kappa shape index (κ2) is 17.3. The monoisotopic (exact) mass is 608 g/mol. The van der Waals surface area contributed by atoms with E-state index >= 15 is 0 Å². The first-order valence-corrected chi connectivity index (χ1v) is 16.7. The Morgan fingerprint density at radius 3 is 1.39 bits per heavy atom. The Balaban J connectivity index is 5.69. The average molecular weight is 611 g/mol. The van der Waals surface area contributed by atoms with Gasteiger partial charge in [-0.2, -0.15) is 0 Å². The van der Waals surface area contributed by atoms with Crippen molar-refractivity contribution in [2.24, 2.45) is 0 Å². The molecule has 0 fully saturated rings. The fourth-order valence-corrected chi connectivity index (χ4v) is 8.78. The van der Waals surface area contributed by atoms with E-state index in [0.717, 1.165) is 0 Å². The molecular weight excluding hydrogens is 582 g/mol. The second-order valence-electron chi connectivity index (χ2n) is 5.60. The first-order valence-electron chi connectivity index (χ1n) is 9.09. The fraction of sp³-hybridized carbons (Fsp3) is 1.00. The molecule has 17 heteroatoms. The van der Waals surface area contributed by atoms with Crippen LogP contribution < -0.4 is 0 Å². The van der Waals surface area contributed by atoms with E-state index < -0.39 is 34.5 Å². The minimum absolute atomic E-state index is 0.0281. The molecule has 4 atom stereocenters. The summed E-state index contributed by atoms with van der Waals surface area (Å²) in [6, 6.07) is 0. The maximum Gasteiger partial charge on any atom is 0.360 e. The molecule has 0 aromatic heterocycles. The number of hydrogen-bond donors (Lipinski definition) is 0. The molecular formula is C14H28Cl5O9P3. The van der Waals surface area contributed by atoms with Crippen molar-refractivity contribution in [1.29, 1.82) is 0 Å². The Kier molecular flexibility index (Phi) is 18.4. The molecule has 0 aliphatic carbocycles. The van der Waals surface area contributed by atoms with Gasteiger partial charge in [-0.1, -0.05) is 0 Å². The summed E-state index contributed by atoms with van der Waals surface area (Å²) in [5, 5.41) is 0. The summed E-state index contributed by atoms with van der Waals surface area (Å²) in [5.74, 6) is -2.75. The topological polar surface area (TPSA) is 107 Å². The molecule has 0 aromatic rings. The lowest BCUT2D eigenvalue weighted by molar-refractivity contribution is 0.119. The number of alkyl halides is 5. The van der Waals surface area contributed by atoms with E-state index in [0.29, 0.717) is 0 Å². The van der Waals surface area contributed by atoms with Crippen molar-refractivity contribution in [3.8, 4) is 0 Å². The lowest BCUT2D eigenvalue weighted by atomic mass is 10.9. The first-order chi connectivity index (χ1) is 14.6. The Bertz CT molecular complexity index is 618. The molecule has 0 rings (SSSR count). The summed E-state index contributed by atoms with van der Waals surface area (Å²) in [6.07, 6.45) is -0.170. The molecule has 188 valence electrons. The van der Waals surface area contributed by atoms with E-state index in [-0.39, 0.29) is 62.0 Å².